The highest BCUT2D eigenvalue weighted by Crippen LogP contribution is 2.38. The molecule has 0 radical (unpaired) electrons. The predicted molar refractivity (Wildman–Crippen MR) is 205 cm³/mol. The quantitative estimate of drug-likeness (QED) is 0.0293. The second-order valence-electron chi connectivity index (χ2n) is 14.6. The van der Waals surface area contributed by atoms with Gasteiger partial charge in [0, 0.05) is 6.42 Å². The van der Waals surface area contributed by atoms with Crippen LogP contribution in [0.1, 0.15) is 162 Å². The number of rotatable bonds is 35. The van der Waals surface area contributed by atoms with Gasteiger partial charge in [-0.3, -0.25) is 9.36 Å². The number of aliphatic hydroxyl groups excluding tert-OH is 1. The second-order valence-corrected chi connectivity index (χ2v) is 16.0. The Morgan fingerprint density at radius 2 is 1.18 bits per heavy atom. The molecule has 0 aromatic rings. The molecule has 8 nitrogen and oxygen atoms in total. The van der Waals surface area contributed by atoms with Crippen molar-refractivity contribution in [3.05, 3.63) is 36.5 Å². The van der Waals surface area contributed by atoms with Gasteiger partial charge in [-0.25, -0.2) is 0 Å². The fourth-order valence-corrected chi connectivity index (χ4v) is 6.08. The van der Waals surface area contributed by atoms with E-state index in [-0.39, 0.29) is 19.1 Å². The zero-order valence-electron chi connectivity index (χ0n) is 32.4. The van der Waals surface area contributed by atoms with Crippen molar-refractivity contribution in [1.29, 1.82) is 0 Å². The van der Waals surface area contributed by atoms with Crippen molar-refractivity contribution in [1.82, 2.24) is 5.32 Å². The Balaban J connectivity index is 4.52. The molecule has 0 saturated heterocycles. The molecule has 0 spiro atoms. The summed E-state index contributed by atoms with van der Waals surface area (Å²) in [7, 11) is 1.27. The summed E-state index contributed by atoms with van der Waals surface area (Å²) in [6.07, 6.45) is 37.1. The lowest BCUT2D eigenvalue weighted by Crippen LogP contribution is -2.46. The van der Waals surface area contributed by atoms with Gasteiger partial charge in [0.15, 0.2) is 0 Å². The molecule has 49 heavy (non-hydrogen) atoms. The minimum absolute atomic E-state index is 0.00303. The van der Waals surface area contributed by atoms with E-state index < -0.39 is 20.0 Å². The highest BCUT2D eigenvalue weighted by molar-refractivity contribution is 7.45. The molecule has 0 aromatic carbocycles. The Hall–Kier alpha value is -1.28. The van der Waals surface area contributed by atoms with Crippen molar-refractivity contribution in [3.8, 4) is 0 Å². The van der Waals surface area contributed by atoms with Gasteiger partial charge in [-0.2, -0.15) is 0 Å². The summed E-state index contributed by atoms with van der Waals surface area (Å²) in [5, 5.41) is 13.8. The Morgan fingerprint density at radius 1 is 0.714 bits per heavy atom. The van der Waals surface area contributed by atoms with Crippen LogP contribution in [-0.4, -0.2) is 68.5 Å². The highest BCUT2D eigenvalue weighted by Gasteiger charge is 2.24. The predicted octanol–water partition coefficient (Wildman–Crippen LogP) is 9.72. The maximum Gasteiger partial charge on any atom is 0.268 e. The number of hydrogen-bond donors (Lipinski definition) is 2. The number of allylic oxidation sites excluding steroid dienone is 6. The van der Waals surface area contributed by atoms with Crippen LogP contribution in [0.3, 0.4) is 0 Å². The summed E-state index contributed by atoms with van der Waals surface area (Å²) in [6.45, 7) is 4.62. The Bertz CT molecular complexity index is 902. The van der Waals surface area contributed by atoms with Gasteiger partial charge in [-0.15, -0.1) is 0 Å². The van der Waals surface area contributed by atoms with Crippen LogP contribution in [0.4, 0.5) is 0 Å². The van der Waals surface area contributed by atoms with E-state index in [2.05, 4.69) is 55.6 Å². The highest BCUT2D eigenvalue weighted by atomic mass is 31.2. The third-order valence-corrected chi connectivity index (χ3v) is 9.56. The van der Waals surface area contributed by atoms with E-state index >= 15 is 0 Å². The van der Waals surface area contributed by atoms with Gasteiger partial charge in [0.1, 0.15) is 13.2 Å². The Kier molecular flexibility index (Phi) is 31.8. The van der Waals surface area contributed by atoms with Crippen LogP contribution >= 0.6 is 7.82 Å². The van der Waals surface area contributed by atoms with E-state index in [1.165, 1.54) is 64.2 Å². The average molecular weight is 713 g/mol. The topological polar surface area (TPSA) is 108 Å². The molecule has 288 valence electrons. The normalized spacial score (nSPS) is 15.0. The van der Waals surface area contributed by atoms with Crippen LogP contribution in [0, 0.1) is 0 Å². The molecular weight excluding hydrogens is 635 g/mol. The van der Waals surface area contributed by atoms with Gasteiger partial charge in [0.25, 0.3) is 7.82 Å². The summed E-state index contributed by atoms with van der Waals surface area (Å²) < 4.78 is 23.1. The van der Waals surface area contributed by atoms with E-state index in [0.717, 1.165) is 70.6 Å². The van der Waals surface area contributed by atoms with Crippen LogP contribution in [0.2, 0.25) is 0 Å². The number of unbranched alkanes of at least 4 members (excludes halogenated alkanes) is 16. The van der Waals surface area contributed by atoms with Gasteiger partial charge in [-0.05, 0) is 70.6 Å². The molecule has 0 fully saturated rings. The summed E-state index contributed by atoms with van der Waals surface area (Å²) >= 11 is 0. The van der Waals surface area contributed by atoms with E-state index in [9.17, 15) is 19.4 Å². The number of nitrogens with zero attached hydrogens (tertiary/aromatic N) is 1. The molecule has 3 atom stereocenters. The van der Waals surface area contributed by atoms with Gasteiger partial charge in [0.2, 0.25) is 5.91 Å². The number of hydrogen-bond acceptors (Lipinski definition) is 6. The molecule has 9 heteroatoms. The molecule has 0 rings (SSSR count). The minimum Gasteiger partial charge on any atom is -0.756 e. The number of aliphatic hydroxyl groups is 1. The summed E-state index contributed by atoms with van der Waals surface area (Å²) in [5.74, 6) is -0.192. The van der Waals surface area contributed by atoms with Gasteiger partial charge in [0.05, 0.1) is 39.9 Å². The van der Waals surface area contributed by atoms with Crippen molar-refractivity contribution in [3.63, 3.8) is 0 Å². The first kappa shape index (κ1) is 47.7. The largest absolute Gasteiger partial charge is 0.756 e. The lowest BCUT2D eigenvalue weighted by molar-refractivity contribution is -0.870. The molecular formula is C40H77N2O6P. The zero-order chi connectivity index (χ0) is 36.5. The average Bonchev–Trinajstić information content (AvgIpc) is 3.04. The number of quaternary nitrogens is 1. The van der Waals surface area contributed by atoms with E-state index in [0.29, 0.717) is 23.9 Å². The van der Waals surface area contributed by atoms with Crippen molar-refractivity contribution in [2.75, 3.05) is 40.9 Å². The molecule has 0 bridgehead atoms. The lowest BCUT2D eigenvalue weighted by atomic mass is 10.0. The van der Waals surface area contributed by atoms with E-state index in [1.807, 2.05) is 21.1 Å². The van der Waals surface area contributed by atoms with E-state index in [4.69, 9.17) is 9.05 Å². The summed E-state index contributed by atoms with van der Waals surface area (Å²) in [5.41, 5.74) is 0. The fraction of sp³-hybridized carbons (Fsp3) is 0.825. The number of likely N-dealkylation sites (N-methyl/N-ethyl adjacent to an activating group) is 1. The van der Waals surface area contributed by atoms with Gasteiger partial charge >= 0.3 is 0 Å². The molecule has 0 aromatic heterocycles. The molecule has 0 aliphatic carbocycles. The molecule has 0 aliphatic heterocycles. The maximum absolute atomic E-state index is 12.8. The van der Waals surface area contributed by atoms with Crippen molar-refractivity contribution in [2.45, 2.75) is 174 Å². The van der Waals surface area contributed by atoms with Crippen molar-refractivity contribution in [2.24, 2.45) is 0 Å². The number of amides is 1. The fourth-order valence-electron chi connectivity index (χ4n) is 5.36. The standard InChI is InChI=1S/C40H77N2O6P/c1-6-8-10-12-14-16-18-20-21-22-24-26-28-30-32-34-40(44)41-38(37-48-49(45,46)47-36-35-42(3,4)5)39(43)33-31-29-27-25-23-19-17-15-13-11-9-7-2/h14,16,20-21,23,25,38-39,43H,6-13,15,17-19,22,24,26-37H2,1-5H3,(H-,41,44,45,46)/b16-14+,21-20+,25-23+/t38-,39+/m0/s1. The Morgan fingerprint density at radius 3 is 1.76 bits per heavy atom. The maximum atomic E-state index is 12.8. The molecule has 0 saturated carbocycles. The van der Waals surface area contributed by atoms with E-state index in [1.54, 1.807) is 0 Å². The van der Waals surface area contributed by atoms with Gasteiger partial charge < -0.3 is 28.8 Å². The summed E-state index contributed by atoms with van der Waals surface area (Å²) in [4.78, 5) is 25.2. The Labute approximate surface area is 302 Å². The number of phosphoric acid groups is 1. The first-order valence-electron chi connectivity index (χ1n) is 19.8. The van der Waals surface area contributed by atoms with Crippen LogP contribution in [0.5, 0.6) is 0 Å². The number of nitrogens with one attached hydrogen (secondary N) is 1. The SMILES string of the molecule is CCCCC/C=C/C/C=C/CCCCCCCC(=O)N[C@@H](COP(=O)([O-])OCC[N+](C)(C)C)[C@H](O)CCCC/C=C/CCCCCCCC. The third-order valence-electron chi connectivity index (χ3n) is 8.60. The van der Waals surface area contributed by atoms with Crippen LogP contribution < -0.4 is 10.2 Å². The first-order chi connectivity index (χ1) is 23.5. The number of phosphoric ester groups is 1. The van der Waals surface area contributed by atoms with Crippen LogP contribution in [0.25, 0.3) is 0 Å². The summed E-state index contributed by atoms with van der Waals surface area (Å²) in [6, 6.07) is -0.821. The molecule has 2 N–H and O–H groups in total. The smallest absolute Gasteiger partial charge is 0.268 e. The number of carbonyl (C=O) groups is 1. The third kappa shape index (κ3) is 34.9. The van der Waals surface area contributed by atoms with Crippen LogP contribution in [0.15, 0.2) is 36.5 Å². The zero-order valence-corrected chi connectivity index (χ0v) is 33.3. The number of carbonyl (C=O) groups excluding carboxylic acids is 1. The lowest BCUT2D eigenvalue weighted by Gasteiger charge is -2.30. The monoisotopic (exact) mass is 713 g/mol. The molecule has 0 aliphatic rings. The molecule has 1 amide bonds. The van der Waals surface area contributed by atoms with Gasteiger partial charge in [-0.1, -0.05) is 121 Å². The van der Waals surface area contributed by atoms with Crippen molar-refractivity contribution >= 4 is 13.7 Å². The van der Waals surface area contributed by atoms with Crippen LogP contribution in [-0.2, 0) is 18.4 Å². The second kappa shape index (κ2) is 32.6. The molecule has 1 unspecified atom stereocenters. The minimum atomic E-state index is -4.57. The van der Waals surface area contributed by atoms with Crippen molar-refractivity contribution < 1.29 is 32.9 Å². The molecule has 0 heterocycles. The first-order valence-corrected chi connectivity index (χ1v) is 21.3.